The molecule has 1 saturated carbocycles. The fraction of sp³-hybridized carbons (Fsp3) is 0.611. The number of hydrogen-bond acceptors (Lipinski definition) is 2. The molecule has 4 atom stereocenters. The molecule has 1 aromatic rings. The van der Waals surface area contributed by atoms with Crippen molar-refractivity contribution in [2.75, 3.05) is 26.2 Å². The van der Waals surface area contributed by atoms with E-state index in [0.29, 0.717) is 11.8 Å². The maximum atomic E-state index is 13.0. The van der Waals surface area contributed by atoms with E-state index in [1.165, 1.54) is 12.1 Å². The smallest absolute Gasteiger partial charge is 0.226 e. The lowest BCUT2D eigenvalue weighted by molar-refractivity contribution is -0.132. The third-order valence-electron chi connectivity index (χ3n) is 5.74. The Morgan fingerprint density at radius 2 is 1.73 bits per heavy atom. The summed E-state index contributed by atoms with van der Waals surface area (Å²) >= 11 is 0. The summed E-state index contributed by atoms with van der Waals surface area (Å²) in [6.07, 6.45) is 3.20. The molecule has 1 amide bonds. The van der Waals surface area contributed by atoms with Crippen LogP contribution in [0.3, 0.4) is 0 Å². The van der Waals surface area contributed by atoms with Gasteiger partial charge in [0.1, 0.15) is 5.82 Å². The molecule has 2 saturated heterocycles. The summed E-state index contributed by atoms with van der Waals surface area (Å²) < 4.78 is 13.0. The van der Waals surface area contributed by atoms with E-state index in [-0.39, 0.29) is 11.7 Å². The summed E-state index contributed by atoms with van der Waals surface area (Å²) in [7, 11) is 0. The zero-order valence-corrected chi connectivity index (χ0v) is 12.8. The number of nitrogens with zero attached hydrogens (tertiary/aromatic N) is 1. The third-order valence-corrected chi connectivity index (χ3v) is 5.74. The Hall–Kier alpha value is -1.42. The van der Waals surface area contributed by atoms with Crippen LogP contribution in [-0.4, -0.2) is 37.0 Å². The molecule has 0 radical (unpaired) electrons. The second kappa shape index (κ2) is 5.65. The first-order valence-corrected chi connectivity index (χ1v) is 8.47. The van der Waals surface area contributed by atoms with Crippen molar-refractivity contribution in [3.05, 3.63) is 35.6 Å². The summed E-state index contributed by atoms with van der Waals surface area (Å²) in [5.74, 6) is 2.05. The van der Waals surface area contributed by atoms with Crippen molar-refractivity contribution in [2.45, 2.75) is 25.2 Å². The zero-order chi connectivity index (χ0) is 15.1. The first-order chi connectivity index (χ1) is 10.7. The molecule has 118 valence electrons. The average molecular weight is 302 g/mol. The van der Waals surface area contributed by atoms with Gasteiger partial charge in [0.25, 0.3) is 0 Å². The van der Waals surface area contributed by atoms with E-state index in [4.69, 9.17) is 0 Å². The minimum absolute atomic E-state index is 0.126. The van der Waals surface area contributed by atoms with E-state index in [0.717, 1.165) is 62.8 Å². The first kappa shape index (κ1) is 14.2. The Bertz CT molecular complexity index is 545. The highest BCUT2D eigenvalue weighted by atomic mass is 19.1. The summed E-state index contributed by atoms with van der Waals surface area (Å²) in [6, 6.07) is 6.64. The molecule has 4 rings (SSSR count). The summed E-state index contributed by atoms with van der Waals surface area (Å²) in [6.45, 7) is 4.06. The molecular formula is C18H23FN2O. The van der Waals surface area contributed by atoms with Gasteiger partial charge in [0.05, 0.1) is 0 Å². The Morgan fingerprint density at radius 3 is 2.36 bits per heavy atom. The zero-order valence-electron chi connectivity index (χ0n) is 12.8. The number of carbonyl (C=O) groups excluding carboxylic acids is 1. The van der Waals surface area contributed by atoms with Gasteiger partial charge < -0.3 is 10.2 Å². The highest BCUT2D eigenvalue weighted by Gasteiger charge is 2.46. The van der Waals surface area contributed by atoms with Crippen LogP contribution < -0.4 is 5.32 Å². The molecule has 22 heavy (non-hydrogen) atoms. The normalized spacial score (nSPS) is 34.1. The summed E-state index contributed by atoms with van der Waals surface area (Å²) in [4.78, 5) is 14.8. The third kappa shape index (κ3) is 2.65. The molecular weight excluding hydrogens is 279 g/mol. The number of rotatable bonds is 2. The molecule has 3 nitrogen and oxygen atoms in total. The largest absolute Gasteiger partial charge is 0.342 e. The topological polar surface area (TPSA) is 32.3 Å². The summed E-state index contributed by atoms with van der Waals surface area (Å²) in [5.41, 5.74) is 1.11. The van der Waals surface area contributed by atoms with Crippen molar-refractivity contribution in [3.63, 3.8) is 0 Å². The van der Waals surface area contributed by atoms with Crippen LogP contribution in [0.2, 0.25) is 0 Å². The number of likely N-dealkylation sites (tertiary alicyclic amines) is 1. The average Bonchev–Trinajstić information content (AvgIpc) is 3.25. The second-order valence-corrected chi connectivity index (χ2v) is 7.08. The van der Waals surface area contributed by atoms with E-state index in [1.54, 1.807) is 0 Å². The van der Waals surface area contributed by atoms with Crippen molar-refractivity contribution < 1.29 is 9.18 Å². The second-order valence-electron chi connectivity index (χ2n) is 7.08. The van der Waals surface area contributed by atoms with Gasteiger partial charge in [-0.15, -0.1) is 0 Å². The van der Waals surface area contributed by atoms with Gasteiger partial charge in [-0.3, -0.25) is 4.79 Å². The number of halogens is 1. The monoisotopic (exact) mass is 302 g/mol. The Labute approximate surface area is 130 Å². The predicted octanol–water partition coefficient (Wildman–Crippen LogP) is 2.39. The van der Waals surface area contributed by atoms with Crippen LogP contribution in [-0.2, 0) is 4.79 Å². The number of carbonyl (C=O) groups is 1. The van der Waals surface area contributed by atoms with Crippen LogP contribution in [0.15, 0.2) is 24.3 Å². The molecule has 1 aliphatic carbocycles. The number of benzene rings is 1. The van der Waals surface area contributed by atoms with Gasteiger partial charge in [-0.1, -0.05) is 12.1 Å². The highest BCUT2D eigenvalue weighted by molar-refractivity contribution is 5.83. The molecule has 3 fully saturated rings. The lowest BCUT2D eigenvalue weighted by Crippen LogP contribution is -2.34. The van der Waals surface area contributed by atoms with Gasteiger partial charge in [-0.2, -0.15) is 0 Å². The van der Waals surface area contributed by atoms with Crippen molar-refractivity contribution in [2.24, 2.45) is 17.8 Å². The standard InChI is InChI=1S/C18H23FN2O/c19-15-3-1-12(2-4-15)16-9-17(16)18(22)21-7-5-13-10-20-11-14(13)6-8-21/h1-4,13-14,16-17,20H,5-11H2/t13-,14+,16?,17?. The number of hydrogen-bond donors (Lipinski definition) is 1. The minimum Gasteiger partial charge on any atom is -0.342 e. The molecule has 2 aliphatic heterocycles. The predicted molar refractivity (Wildman–Crippen MR) is 82.9 cm³/mol. The quantitative estimate of drug-likeness (QED) is 0.910. The van der Waals surface area contributed by atoms with Crippen LogP contribution >= 0.6 is 0 Å². The molecule has 3 aliphatic rings. The molecule has 2 heterocycles. The number of nitrogens with one attached hydrogen (secondary N) is 1. The van der Waals surface area contributed by atoms with E-state index < -0.39 is 0 Å². The molecule has 0 bridgehead atoms. The molecule has 1 N–H and O–H groups in total. The van der Waals surface area contributed by atoms with Gasteiger partial charge in [0, 0.05) is 19.0 Å². The molecule has 2 unspecified atom stereocenters. The van der Waals surface area contributed by atoms with Gasteiger partial charge in [0.15, 0.2) is 0 Å². The fourth-order valence-electron chi connectivity index (χ4n) is 4.22. The van der Waals surface area contributed by atoms with Gasteiger partial charge >= 0.3 is 0 Å². The van der Waals surface area contributed by atoms with Gasteiger partial charge in [-0.05, 0) is 67.8 Å². The van der Waals surface area contributed by atoms with Crippen LogP contribution in [0.25, 0.3) is 0 Å². The fourth-order valence-corrected chi connectivity index (χ4v) is 4.22. The number of fused-ring (bicyclic) bond motifs is 1. The van der Waals surface area contributed by atoms with Crippen molar-refractivity contribution in [1.82, 2.24) is 10.2 Å². The molecule has 1 aromatic carbocycles. The highest BCUT2D eigenvalue weighted by Crippen LogP contribution is 2.48. The van der Waals surface area contributed by atoms with Crippen molar-refractivity contribution in [1.29, 1.82) is 0 Å². The maximum absolute atomic E-state index is 13.0. The van der Waals surface area contributed by atoms with Gasteiger partial charge in [0.2, 0.25) is 5.91 Å². The maximum Gasteiger partial charge on any atom is 0.226 e. The van der Waals surface area contributed by atoms with E-state index in [9.17, 15) is 9.18 Å². The minimum atomic E-state index is -0.208. The Morgan fingerprint density at radius 1 is 1.09 bits per heavy atom. The summed E-state index contributed by atoms with van der Waals surface area (Å²) in [5, 5.41) is 3.47. The number of amides is 1. The van der Waals surface area contributed by atoms with Crippen molar-refractivity contribution >= 4 is 5.91 Å². The van der Waals surface area contributed by atoms with E-state index >= 15 is 0 Å². The van der Waals surface area contributed by atoms with Gasteiger partial charge in [-0.25, -0.2) is 4.39 Å². The van der Waals surface area contributed by atoms with Crippen LogP contribution in [0.4, 0.5) is 4.39 Å². The van der Waals surface area contributed by atoms with E-state index in [1.807, 2.05) is 12.1 Å². The Balaban J connectivity index is 1.37. The molecule has 4 heteroatoms. The van der Waals surface area contributed by atoms with Crippen molar-refractivity contribution in [3.8, 4) is 0 Å². The van der Waals surface area contributed by atoms with Crippen LogP contribution in [0.5, 0.6) is 0 Å². The van der Waals surface area contributed by atoms with Crippen LogP contribution in [0, 0.1) is 23.6 Å². The van der Waals surface area contributed by atoms with Crippen LogP contribution in [0.1, 0.15) is 30.7 Å². The molecule has 0 aromatic heterocycles. The SMILES string of the molecule is O=C(C1CC1c1ccc(F)cc1)N1CC[C@@H]2CNC[C@@H]2CC1. The van der Waals surface area contributed by atoms with E-state index in [2.05, 4.69) is 10.2 Å². The first-order valence-electron chi connectivity index (χ1n) is 8.47. The lowest BCUT2D eigenvalue weighted by Gasteiger charge is -2.21. The Kier molecular flexibility index (Phi) is 3.65. The lowest BCUT2D eigenvalue weighted by atomic mass is 9.92. The molecule has 0 spiro atoms.